The van der Waals surface area contributed by atoms with Crippen LogP contribution in [0, 0.1) is 11.3 Å². The Kier molecular flexibility index (Phi) is 4.59. The zero-order chi connectivity index (χ0) is 18.4. The SMILES string of the molecule is CCn1nccc1S(=O)(=O)N1CCC2(CCCN(CC3CCC3)C2=O)C1. The van der Waals surface area contributed by atoms with E-state index in [1.165, 1.54) is 34.4 Å². The Morgan fingerprint density at radius 3 is 2.73 bits per heavy atom. The average Bonchev–Trinajstić information content (AvgIpc) is 3.23. The molecule has 1 atom stereocenters. The molecule has 3 fully saturated rings. The molecular formula is C18H28N4O3S. The van der Waals surface area contributed by atoms with E-state index in [2.05, 4.69) is 5.10 Å². The molecule has 0 radical (unpaired) electrons. The van der Waals surface area contributed by atoms with Gasteiger partial charge in [-0.05, 0) is 51.0 Å². The number of aryl methyl sites for hydroxylation is 1. The normalized spacial score (nSPS) is 28.0. The third kappa shape index (κ3) is 2.87. The van der Waals surface area contributed by atoms with E-state index in [4.69, 9.17) is 0 Å². The van der Waals surface area contributed by atoms with Crippen molar-refractivity contribution >= 4 is 15.9 Å². The topological polar surface area (TPSA) is 75.5 Å². The molecule has 1 unspecified atom stereocenters. The van der Waals surface area contributed by atoms with Crippen LogP contribution in [0.5, 0.6) is 0 Å². The van der Waals surface area contributed by atoms with Gasteiger partial charge in [-0.15, -0.1) is 0 Å². The lowest BCUT2D eigenvalue weighted by Gasteiger charge is -2.42. The first-order valence-electron chi connectivity index (χ1n) is 9.78. The molecule has 1 aromatic rings. The van der Waals surface area contributed by atoms with Crippen molar-refractivity contribution in [3.8, 4) is 0 Å². The maximum Gasteiger partial charge on any atom is 0.260 e. The first-order valence-corrected chi connectivity index (χ1v) is 11.2. The lowest BCUT2D eigenvalue weighted by atomic mass is 9.77. The summed E-state index contributed by atoms with van der Waals surface area (Å²) in [4.78, 5) is 15.2. The van der Waals surface area contributed by atoms with Crippen molar-refractivity contribution in [2.75, 3.05) is 26.2 Å². The van der Waals surface area contributed by atoms with Crippen molar-refractivity contribution in [3.63, 3.8) is 0 Å². The Morgan fingerprint density at radius 1 is 1.23 bits per heavy atom. The van der Waals surface area contributed by atoms with Crippen molar-refractivity contribution in [1.82, 2.24) is 19.0 Å². The fraction of sp³-hybridized carbons (Fsp3) is 0.778. The Hall–Kier alpha value is -1.41. The van der Waals surface area contributed by atoms with Crippen molar-refractivity contribution in [1.29, 1.82) is 0 Å². The largest absolute Gasteiger partial charge is 0.342 e. The Morgan fingerprint density at radius 2 is 2.04 bits per heavy atom. The summed E-state index contributed by atoms with van der Waals surface area (Å²) in [5, 5.41) is 4.32. The second-order valence-electron chi connectivity index (χ2n) is 8.01. The summed E-state index contributed by atoms with van der Waals surface area (Å²) in [6, 6.07) is 1.55. The summed E-state index contributed by atoms with van der Waals surface area (Å²) in [7, 11) is -3.61. The number of rotatable bonds is 5. The van der Waals surface area contributed by atoms with Gasteiger partial charge in [-0.2, -0.15) is 9.40 Å². The van der Waals surface area contributed by atoms with E-state index in [1.807, 2.05) is 11.8 Å². The van der Waals surface area contributed by atoms with E-state index in [1.54, 1.807) is 6.07 Å². The zero-order valence-electron chi connectivity index (χ0n) is 15.4. The summed E-state index contributed by atoms with van der Waals surface area (Å²) in [5.41, 5.74) is -0.522. The molecule has 3 aliphatic rings. The predicted molar refractivity (Wildman–Crippen MR) is 96.9 cm³/mol. The zero-order valence-corrected chi connectivity index (χ0v) is 16.2. The van der Waals surface area contributed by atoms with Gasteiger partial charge in [-0.1, -0.05) is 6.42 Å². The molecule has 3 heterocycles. The van der Waals surface area contributed by atoms with Gasteiger partial charge in [0.25, 0.3) is 10.0 Å². The average molecular weight is 381 g/mol. The van der Waals surface area contributed by atoms with Crippen LogP contribution < -0.4 is 0 Å². The highest BCUT2D eigenvalue weighted by Gasteiger charge is 2.51. The van der Waals surface area contributed by atoms with Gasteiger partial charge in [0.15, 0.2) is 5.03 Å². The van der Waals surface area contributed by atoms with Crippen molar-refractivity contribution in [2.45, 2.75) is 57.0 Å². The number of sulfonamides is 1. The highest BCUT2D eigenvalue weighted by Crippen LogP contribution is 2.42. The fourth-order valence-corrected chi connectivity index (χ4v) is 6.33. The number of likely N-dealkylation sites (tertiary alicyclic amines) is 1. The van der Waals surface area contributed by atoms with Crippen molar-refractivity contribution in [3.05, 3.63) is 12.3 Å². The number of hydrogen-bond donors (Lipinski definition) is 0. The van der Waals surface area contributed by atoms with Crippen LogP contribution in [0.4, 0.5) is 0 Å². The summed E-state index contributed by atoms with van der Waals surface area (Å²) in [5.74, 6) is 0.826. The van der Waals surface area contributed by atoms with Gasteiger partial charge in [-0.3, -0.25) is 9.48 Å². The van der Waals surface area contributed by atoms with Crippen LogP contribution >= 0.6 is 0 Å². The summed E-state index contributed by atoms with van der Waals surface area (Å²) in [6.45, 7) is 4.79. The van der Waals surface area contributed by atoms with E-state index in [0.717, 1.165) is 25.9 Å². The minimum atomic E-state index is -3.61. The van der Waals surface area contributed by atoms with Crippen LogP contribution in [-0.2, 0) is 21.4 Å². The molecule has 144 valence electrons. The van der Waals surface area contributed by atoms with E-state index in [-0.39, 0.29) is 10.9 Å². The lowest BCUT2D eigenvalue weighted by Crippen LogP contribution is -2.52. The second kappa shape index (κ2) is 6.64. The van der Waals surface area contributed by atoms with Crippen LogP contribution in [0.25, 0.3) is 0 Å². The van der Waals surface area contributed by atoms with E-state index in [0.29, 0.717) is 32.0 Å². The fourth-order valence-electron chi connectivity index (χ4n) is 4.64. The van der Waals surface area contributed by atoms with Crippen LogP contribution in [0.2, 0.25) is 0 Å². The molecule has 1 spiro atoms. The third-order valence-corrected chi connectivity index (χ3v) is 8.29. The van der Waals surface area contributed by atoms with E-state index in [9.17, 15) is 13.2 Å². The molecule has 1 aromatic heterocycles. The first kappa shape index (κ1) is 18.0. The van der Waals surface area contributed by atoms with Crippen molar-refractivity contribution < 1.29 is 13.2 Å². The summed E-state index contributed by atoms with van der Waals surface area (Å²) in [6.07, 6.45) is 7.64. The van der Waals surface area contributed by atoms with E-state index >= 15 is 0 Å². The van der Waals surface area contributed by atoms with Crippen LogP contribution in [0.15, 0.2) is 17.3 Å². The lowest BCUT2D eigenvalue weighted by molar-refractivity contribution is -0.146. The van der Waals surface area contributed by atoms with Crippen molar-refractivity contribution in [2.24, 2.45) is 11.3 Å². The second-order valence-corrected chi connectivity index (χ2v) is 9.89. The van der Waals surface area contributed by atoms with Gasteiger partial charge in [0.05, 0.1) is 11.6 Å². The quantitative estimate of drug-likeness (QED) is 0.779. The molecular weight excluding hydrogens is 352 g/mol. The number of amides is 1. The van der Waals surface area contributed by atoms with Gasteiger partial charge in [0, 0.05) is 32.7 Å². The molecule has 2 aliphatic heterocycles. The van der Waals surface area contributed by atoms with Gasteiger partial charge < -0.3 is 4.90 Å². The predicted octanol–water partition coefficient (Wildman–Crippen LogP) is 1.71. The highest BCUT2D eigenvalue weighted by molar-refractivity contribution is 7.89. The smallest absolute Gasteiger partial charge is 0.260 e. The number of hydrogen-bond acceptors (Lipinski definition) is 4. The molecule has 4 rings (SSSR count). The third-order valence-electron chi connectivity index (χ3n) is 6.43. The number of carbonyl (C=O) groups is 1. The first-order chi connectivity index (χ1) is 12.5. The molecule has 1 aliphatic carbocycles. The minimum absolute atomic E-state index is 0.178. The maximum atomic E-state index is 13.2. The standard InChI is InChI=1S/C18H28N4O3S/c1-2-22-16(7-10-19-22)26(24,25)21-12-9-18(14-21)8-4-11-20(17(18)23)13-15-5-3-6-15/h7,10,15H,2-6,8-9,11-14H2,1H3. The molecule has 2 saturated heterocycles. The molecule has 8 heteroatoms. The van der Waals surface area contributed by atoms with Gasteiger partial charge in [0.1, 0.15) is 0 Å². The molecule has 0 N–H and O–H groups in total. The number of aromatic nitrogens is 2. The van der Waals surface area contributed by atoms with Gasteiger partial charge in [0.2, 0.25) is 5.91 Å². The Balaban J connectivity index is 1.52. The van der Waals surface area contributed by atoms with Gasteiger partial charge >= 0.3 is 0 Å². The van der Waals surface area contributed by atoms with Crippen LogP contribution in [-0.4, -0.2) is 59.5 Å². The van der Waals surface area contributed by atoms with Crippen LogP contribution in [0.1, 0.15) is 45.4 Å². The number of nitrogens with zero attached hydrogens (tertiary/aromatic N) is 4. The molecule has 1 saturated carbocycles. The molecule has 0 aromatic carbocycles. The molecule has 0 bridgehead atoms. The van der Waals surface area contributed by atoms with Crippen LogP contribution in [0.3, 0.4) is 0 Å². The molecule has 1 amide bonds. The van der Waals surface area contributed by atoms with Gasteiger partial charge in [-0.25, -0.2) is 8.42 Å². The van der Waals surface area contributed by atoms with E-state index < -0.39 is 15.4 Å². The summed E-state index contributed by atoms with van der Waals surface area (Å²) >= 11 is 0. The molecule has 26 heavy (non-hydrogen) atoms. The highest BCUT2D eigenvalue weighted by atomic mass is 32.2. The number of piperidine rings is 1. The minimum Gasteiger partial charge on any atom is -0.342 e. The maximum absolute atomic E-state index is 13.2. The Bertz CT molecular complexity index is 786. The summed E-state index contributed by atoms with van der Waals surface area (Å²) < 4.78 is 29.1. The molecule has 7 nitrogen and oxygen atoms in total. The monoisotopic (exact) mass is 380 g/mol. The Labute approximate surface area is 155 Å². The number of carbonyl (C=O) groups excluding carboxylic acids is 1.